The average Bonchev–Trinajstić information content (AvgIpc) is 3.53. The number of nitrogen functional groups attached to an aromatic ring is 1. The Labute approximate surface area is 197 Å². The number of aryl methyl sites for hydroxylation is 1. The Kier molecular flexibility index (Phi) is 4.53. The maximum Gasteiger partial charge on any atom is 0.214 e. The predicted molar refractivity (Wildman–Crippen MR) is 129 cm³/mol. The van der Waals surface area contributed by atoms with Gasteiger partial charge in [-0.3, -0.25) is 4.79 Å². The van der Waals surface area contributed by atoms with Gasteiger partial charge in [-0.05, 0) is 55.0 Å². The van der Waals surface area contributed by atoms with Gasteiger partial charge < -0.3 is 15.7 Å². The molecule has 0 aliphatic heterocycles. The van der Waals surface area contributed by atoms with Gasteiger partial charge in [-0.25, -0.2) is 18.4 Å². The van der Waals surface area contributed by atoms with Gasteiger partial charge in [0, 0.05) is 22.5 Å². The topological polar surface area (TPSA) is 105 Å². The van der Waals surface area contributed by atoms with Crippen LogP contribution in [0.3, 0.4) is 0 Å². The van der Waals surface area contributed by atoms with Crippen molar-refractivity contribution in [3.05, 3.63) is 95.6 Å². The number of rotatable bonds is 4. The molecule has 0 aliphatic carbocycles. The molecule has 0 saturated carbocycles. The fourth-order valence-corrected chi connectivity index (χ4v) is 4.28. The molecule has 0 saturated heterocycles. The van der Waals surface area contributed by atoms with Crippen molar-refractivity contribution in [1.82, 2.24) is 24.7 Å². The minimum Gasteiger partial charge on any atom is -0.383 e. The van der Waals surface area contributed by atoms with Crippen LogP contribution in [0.5, 0.6) is 0 Å². The first kappa shape index (κ1) is 20.8. The number of aromatic nitrogens is 5. The number of nitrogens with zero attached hydrogens (tertiary/aromatic N) is 3. The van der Waals surface area contributed by atoms with Crippen LogP contribution < -0.4 is 5.73 Å². The molecule has 0 spiro atoms. The third-order valence-electron chi connectivity index (χ3n) is 5.99. The summed E-state index contributed by atoms with van der Waals surface area (Å²) < 4.78 is 29.0. The van der Waals surface area contributed by atoms with Gasteiger partial charge in [0.05, 0.1) is 34.2 Å². The van der Waals surface area contributed by atoms with Crippen LogP contribution in [-0.2, 0) is 0 Å². The van der Waals surface area contributed by atoms with Gasteiger partial charge in [-0.15, -0.1) is 0 Å². The number of nitrogens with one attached hydrogen (secondary N) is 2. The molecule has 0 unspecified atom stereocenters. The maximum atomic E-state index is 14.2. The molecule has 0 atom stereocenters. The molecule has 9 heteroatoms. The SMILES string of the molecule is Cc1nc2ccc(-n3ncc(C(=O)c4cc5ccc(-c6ccc(F)cc6F)cc5[nH]4)c3N)cc2[nH]1. The lowest BCUT2D eigenvalue weighted by Gasteiger charge is -2.05. The van der Waals surface area contributed by atoms with E-state index in [9.17, 15) is 13.6 Å². The van der Waals surface area contributed by atoms with Crippen LogP contribution in [0.15, 0.2) is 66.9 Å². The van der Waals surface area contributed by atoms with Gasteiger partial charge in [0.1, 0.15) is 23.3 Å². The number of hydrogen-bond donors (Lipinski definition) is 3. The van der Waals surface area contributed by atoms with E-state index in [-0.39, 0.29) is 22.7 Å². The summed E-state index contributed by atoms with van der Waals surface area (Å²) in [6.45, 7) is 1.87. The summed E-state index contributed by atoms with van der Waals surface area (Å²) in [5.74, 6) is -0.615. The van der Waals surface area contributed by atoms with Crippen LogP contribution in [-0.4, -0.2) is 30.5 Å². The Morgan fingerprint density at radius 2 is 1.83 bits per heavy atom. The van der Waals surface area contributed by atoms with Gasteiger partial charge >= 0.3 is 0 Å². The van der Waals surface area contributed by atoms with Gasteiger partial charge in [0.25, 0.3) is 0 Å². The predicted octanol–water partition coefficient (Wildman–Crippen LogP) is 5.30. The van der Waals surface area contributed by atoms with Crippen molar-refractivity contribution in [2.75, 3.05) is 5.73 Å². The van der Waals surface area contributed by atoms with E-state index in [1.807, 2.05) is 25.1 Å². The van der Waals surface area contributed by atoms with Crippen molar-refractivity contribution in [1.29, 1.82) is 0 Å². The number of imidazole rings is 1. The minimum atomic E-state index is -0.657. The summed E-state index contributed by atoms with van der Waals surface area (Å²) in [5, 5.41) is 5.09. The van der Waals surface area contributed by atoms with Crippen LogP contribution in [0.25, 0.3) is 38.8 Å². The zero-order valence-electron chi connectivity index (χ0n) is 18.4. The molecule has 6 aromatic rings. The Bertz CT molecular complexity index is 1780. The number of aromatic amines is 2. The van der Waals surface area contributed by atoms with Crippen molar-refractivity contribution in [3.63, 3.8) is 0 Å². The summed E-state index contributed by atoms with van der Waals surface area (Å²) in [6.07, 6.45) is 1.44. The fraction of sp³-hybridized carbons (Fsp3) is 0.0385. The molecule has 0 amide bonds. The van der Waals surface area contributed by atoms with Crippen LogP contribution in [0.4, 0.5) is 14.6 Å². The van der Waals surface area contributed by atoms with E-state index in [1.54, 1.807) is 24.3 Å². The molecule has 0 bridgehead atoms. The zero-order chi connectivity index (χ0) is 24.3. The van der Waals surface area contributed by atoms with Crippen molar-refractivity contribution in [2.24, 2.45) is 0 Å². The molecule has 0 radical (unpaired) electrons. The highest BCUT2D eigenvalue weighted by Gasteiger charge is 2.20. The second kappa shape index (κ2) is 7.63. The first-order valence-electron chi connectivity index (χ1n) is 10.8. The third-order valence-corrected chi connectivity index (χ3v) is 5.99. The molecule has 6 rings (SSSR count). The monoisotopic (exact) mass is 468 g/mol. The van der Waals surface area contributed by atoms with Crippen LogP contribution in [0.1, 0.15) is 21.9 Å². The van der Waals surface area contributed by atoms with Crippen molar-refractivity contribution in [2.45, 2.75) is 6.92 Å². The van der Waals surface area contributed by atoms with Crippen LogP contribution in [0, 0.1) is 18.6 Å². The summed E-state index contributed by atoms with van der Waals surface area (Å²) in [4.78, 5) is 23.9. The fourth-order valence-electron chi connectivity index (χ4n) is 4.28. The Balaban J connectivity index is 1.35. The quantitative estimate of drug-likeness (QED) is 0.306. The largest absolute Gasteiger partial charge is 0.383 e. The van der Waals surface area contributed by atoms with Crippen molar-refractivity contribution >= 4 is 33.5 Å². The van der Waals surface area contributed by atoms with Crippen LogP contribution in [0.2, 0.25) is 0 Å². The lowest BCUT2D eigenvalue weighted by Crippen LogP contribution is -2.07. The number of benzene rings is 3. The van der Waals surface area contributed by atoms with Crippen molar-refractivity contribution < 1.29 is 13.6 Å². The molecule has 3 heterocycles. The number of ketones is 1. The molecule has 0 aliphatic rings. The summed E-state index contributed by atoms with van der Waals surface area (Å²) in [7, 11) is 0. The van der Waals surface area contributed by atoms with E-state index in [0.717, 1.165) is 28.3 Å². The molecule has 35 heavy (non-hydrogen) atoms. The van der Waals surface area contributed by atoms with Gasteiger partial charge in [0.15, 0.2) is 0 Å². The molecule has 3 aromatic heterocycles. The van der Waals surface area contributed by atoms with E-state index in [1.165, 1.54) is 23.0 Å². The van der Waals surface area contributed by atoms with E-state index in [2.05, 4.69) is 20.1 Å². The normalized spacial score (nSPS) is 11.5. The minimum absolute atomic E-state index is 0.207. The highest BCUT2D eigenvalue weighted by molar-refractivity contribution is 6.12. The molecule has 3 aromatic carbocycles. The molecular formula is C26H18F2N6O. The smallest absolute Gasteiger partial charge is 0.214 e. The number of carbonyl (C=O) groups is 1. The standard InChI is InChI=1S/C26H18F2N6O/c1-13-31-21-7-5-17(11-23(21)32-13)34-26(29)19(12-30-34)25(35)24-9-15-3-2-14(8-22(15)33-24)18-6-4-16(27)10-20(18)28/h2-12,33H,29H2,1H3,(H,31,32). The Morgan fingerprint density at radius 1 is 0.971 bits per heavy atom. The van der Waals surface area contributed by atoms with E-state index >= 15 is 0 Å². The van der Waals surface area contributed by atoms with Gasteiger partial charge in [-0.1, -0.05) is 12.1 Å². The first-order chi connectivity index (χ1) is 16.9. The van der Waals surface area contributed by atoms with E-state index in [0.29, 0.717) is 22.5 Å². The molecule has 7 nitrogen and oxygen atoms in total. The van der Waals surface area contributed by atoms with Gasteiger partial charge in [0.2, 0.25) is 5.78 Å². The summed E-state index contributed by atoms with van der Waals surface area (Å²) in [5.41, 5.74) is 10.7. The van der Waals surface area contributed by atoms with E-state index < -0.39 is 11.6 Å². The Morgan fingerprint density at radius 3 is 2.66 bits per heavy atom. The lowest BCUT2D eigenvalue weighted by atomic mass is 10.0. The average molecular weight is 468 g/mol. The van der Waals surface area contributed by atoms with E-state index in [4.69, 9.17) is 5.73 Å². The Hall–Kier alpha value is -4.79. The zero-order valence-corrected chi connectivity index (χ0v) is 18.4. The first-order valence-corrected chi connectivity index (χ1v) is 10.8. The second-order valence-corrected chi connectivity index (χ2v) is 8.32. The summed E-state index contributed by atoms with van der Waals surface area (Å²) >= 11 is 0. The van der Waals surface area contributed by atoms with Crippen molar-refractivity contribution in [3.8, 4) is 16.8 Å². The molecular weight excluding hydrogens is 450 g/mol. The second-order valence-electron chi connectivity index (χ2n) is 8.32. The van der Waals surface area contributed by atoms with Crippen LogP contribution >= 0.6 is 0 Å². The molecule has 4 N–H and O–H groups in total. The number of fused-ring (bicyclic) bond motifs is 2. The number of H-pyrrole nitrogens is 2. The lowest BCUT2D eigenvalue weighted by molar-refractivity contribution is 0.103. The number of halogens is 2. The highest BCUT2D eigenvalue weighted by Crippen LogP contribution is 2.29. The molecule has 172 valence electrons. The third kappa shape index (κ3) is 3.45. The number of anilines is 1. The summed E-state index contributed by atoms with van der Waals surface area (Å²) in [6, 6.07) is 15.9. The number of carbonyl (C=O) groups excluding carboxylic acids is 1. The maximum absolute atomic E-state index is 14.2. The highest BCUT2D eigenvalue weighted by atomic mass is 19.1. The molecule has 0 fully saturated rings. The number of nitrogens with two attached hydrogens (primary N) is 1. The number of hydrogen-bond acceptors (Lipinski definition) is 4. The van der Waals surface area contributed by atoms with Gasteiger partial charge in [-0.2, -0.15) is 5.10 Å².